The molecule has 140 valence electrons. The lowest BCUT2D eigenvalue weighted by Crippen LogP contribution is -2.23. The van der Waals surface area contributed by atoms with Crippen molar-refractivity contribution in [1.29, 1.82) is 0 Å². The number of methoxy groups -OCH3 is 1. The molecule has 1 saturated carbocycles. The maximum Gasteiger partial charge on any atom is 0.119 e. The lowest BCUT2D eigenvalue weighted by molar-refractivity contribution is 0.414. The van der Waals surface area contributed by atoms with Gasteiger partial charge >= 0.3 is 0 Å². The van der Waals surface area contributed by atoms with Gasteiger partial charge in [-0.25, -0.2) is 0 Å². The molecule has 2 aromatic carbocycles. The van der Waals surface area contributed by atoms with Crippen molar-refractivity contribution in [2.45, 2.75) is 51.1 Å². The third kappa shape index (κ3) is 2.85. The molecular weight excluding hydrogens is 332 g/mol. The van der Waals surface area contributed by atoms with E-state index in [1.807, 2.05) is 0 Å². The zero-order chi connectivity index (χ0) is 18.2. The number of para-hydroxylation sites is 1. The molecule has 1 fully saturated rings. The van der Waals surface area contributed by atoms with Gasteiger partial charge in [-0.2, -0.15) is 0 Å². The van der Waals surface area contributed by atoms with Crippen molar-refractivity contribution in [2.75, 3.05) is 13.7 Å². The molecule has 0 atom stereocenters. The highest BCUT2D eigenvalue weighted by Crippen LogP contribution is 2.45. The first-order chi connectivity index (χ1) is 13.4. The first-order valence-corrected chi connectivity index (χ1v) is 10.4. The van der Waals surface area contributed by atoms with E-state index in [9.17, 15) is 0 Å². The van der Waals surface area contributed by atoms with Gasteiger partial charge in [-0.3, -0.25) is 0 Å². The highest BCUT2D eigenvalue weighted by atomic mass is 16.5. The number of ether oxygens (including phenoxy) is 1. The molecule has 2 heterocycles. The summed E-state index contributed by atoms with van der Waals surface area (Å²) in [5.41, 5.74) is 7.16. The molecule has 5 rings (SSSR count). The zero-order valence-electron chi connectivity index (χ0n) is 16.1. The van der Waals surface area contributed by atoms with Gasteiger partial charge in [0.25, 0.3) is 0 Å². The Labute approximate surface area is 161 Å². The van der Waals surface area contributed by atoms with E-state index < -0.39 is 0 Å². The minimum Gasteiger partial charge on any atom is -0.497 e. The second-order valence-electron chi connectivity index (χ2n) is 7.97. The number of hydrogen-bond donors (Lipinski definition) is 1. The summed E-state index contributed by atoms with van der Waals surface area (Å²) in [5.74, 6) is 1.63. The van der Waals surface area contributed by atoms with Crippen molar-refractivity contribution < 1.29 is 4.74 Å². The van der Waals surface area contributed by atoms with E-state index in [4.69, 9.17) is 4.74 Å². The van der Waals surface area contributed by atoms with E-state index in [1.165, 1.54) is 59.8 Å². The van der Waals surface area contributed by atoms with Gasteiger partial charge in [-0.15, -0.1) is 0 Å². The van der Waals surface area contributed by atoms with Crippen molar-refractivity contribution in [1.82, 2.24) is 9.88 Å². The summed E-state index contributed by atoms with van der Waals surface area (Å²) in [6.45, 7) is 2.92. The van der Waals surface area contributed by atoms with Crippen LogP contribution in [0.15, 0.2) is 42.5 Å². The van der Waals surface area contributed by atoms with Gasteiger partial charge in [0.15, 0.2) is 0 Å². The number of nitrogens with one attached hydrogen (secondary N) is 1. The molecule has 0 bridgehead atoms. The van der Waals surface area contributed by atoms with Crippen LogP contribution in [-0.4, -0.2) is 18.2 Å². The van der Waals surface area contributed by atoms with Crippen LogP contribution in [0.2, 0.25) is 0 Å². The molecule has 27 heavy (non-hydrogen) atoms. The molecule has 0 amide bonds. The van der Waals surface area contributed by atoms with E-state index in [0.717, 1.165) is 25.4 Å². The highest BCUT2D eigenvalue weighted by Gasteiger charge is 2.27. The molecule has 2 aliphatic rings. The van der Waals surface area contributed by atoms with Crippen LogP contribution in [0.5, 0.6) is 5.75 Å². The van der Waals surface area contributed by atoms with Gasteiger partial charge in [-0.1, -0.05) is 37.5 Å². The van der Waals surface area contributed by atoms with Crippen LogP contribution in [0.4, 0.5) is 0 Å². The van der Waals surface area contributed by atoms with Crippen molar-refractivity contribution in [2.24, 2.45) is 0 Å². The molecular formula is C24H28N2O. The lowest BCUT2D eigenvalue weighted by Gasteiger charge is -2.26. The van der Waals surface area contributed by atoms with Gasteiger partial charge in [0.05, 0.1) is 12.8 Å². The van der Waals surface area contributed by atoms with E-state index >= 15 is 0 Å². The van der Waals surface area contributed by atoms with Crippen LogP contribution in [-0.2, 0) is 13.1 Å². The van der Waals surface area contributed by atoms with E-state index in [2.05, 4.69) is 52.3 Å². The van der Waals surface area contributed by atoms with Gasteiger partial charge in [-0.05, 0) is 54.2 Å². The second-order valence-corrected chi connectivity index (χ2v) is 7.97. The summed E-state index contributed by atoms with van der Waals surface area (Å²) in [6, 6.07) is 15.6. The number of fused-ring (bicyclic) bond motifs is 5. The smallest absolute Gasteiger partial charge is 0.119 e. The number of aromatic nitrogens is 1. The van der Waals surface area contributed by atoms with Crippen LogP contribution in [0.25, 0.3) is 22.2 Å². The predicted molar refractivity (Wildman–Crippen MR) is 111 cm³/mol. The summed E-state index contributed by atoms with van der Waals surface area (Å²) >= 11 is 0. The van der Waals surface area contributed by atoms with Crippen molar-refractivity contribution in [3.8, 4) is 17.0 Å². The second kappa shape index (κ2) is 7.05. The Morgan fingerprint density at radius 2 is 1.89 bits per heavy atom. The molecule has 3 nitrogen and oxygen atoms in total. The largest absolute Gasteiger partial charge is 0.497 e. The van der Waals surface area contributed by atoms with Crippen LogP contribution in [0, 0.1) is 0 Å². The highest BCUT2D eigenvalue weighted by molar-refractivity contribution is 5.93. The summed E-state index contributed by atoms with van der Waals surface area (Å²) in [5, 5.41) is 5.07. The monoisotopic (exact) mass is 360 g/mol. The van der Waals surface area contributed by atoms with Crippen molar-refractivity contribution in [3.05, 3.63) is 53.6 Å². The van der Waals surface area contributed by atoms with Gasteiger partial charge in [0.1, 0.15) is 5.75 Å². The van der Waals surface area contributed by atoms with Crippen LogP contribution < -0.4 is 10.1 Å². The Balaban J connectivity index is 1.80. The van der Waals surface area contributed by atoms with E-state index in [1.54, 1.807) is 12.7 Å². The van der Waals surface area contributed by atoms with Crippen molar-refractivity contribution >= 4 is 10.9 Å². The maximum atomic E-state index is 5.51. The SMILES string of the molecule is COc1ccc2c(c1)CNCCn1c-2c(C2CCCCC2)c2ccccc21. The molecule has 0 unspecified atom stereocenters. The number of nitrogens with zero attached hydrogens (tertiary/aromatic N) is 1. The molecule has 0 saturated heterocycles. The maximum absolute atomic E-state index is 5.51. The predicted octanol–water partition coefficient (Wildman–Crippen LogP) is 5.47. The third-order valence-electron chi connectivity index (χ3n) is 6.42. The minimum absolute atomic E-state index is 0.683. The summed E-state index contributed by atoms with van der Waals surface area (Å²) in [7, 11) is 1.75. The van der Waals surface area contributed by atoms with Gasteiger partial charge in [0, 0.05) is 36.1 Å². The Bertz CT molecular complexity index is 966. The first-order valence-electron chi connectivity index (χ1n) is 10.4. The van der Waals surface area contributed by atoms with Gasteiger partial charge in [0.2, 0.25) is 0 Å². The molecule has 1 aliphatic heterocycles. The van der Waals surface area contributed by atoms with Crippen LogP contribution >= 0.6 is 0 Å². The fourth-order valence-corrected chi connectivity index (χ4v) is 5.15. The lowest BCUT2D eigenvalue weighted by atomic mass is 9.81. The fourth-order valence-electron chi connectivity index (χ4n) is 5.15. The molecule has 3 heteroatoms. The molecule has 1 N–H and O–H groups in total. The Hall–Kier alpha value is -2.26. The number of benzene rings is 2. The normalized spacial score (nSPS) is 17.8. The average molecular weight is 361 g/mol. The quantitative estimate of drug-likeness (QED) is 0.656. The van der Waals surface area contributed by atoms with Crippen LogP contribution in [0.3, 0.4) is 0 Å². The molecule has 1 aromatic heterocycles. The van der Waals surface area contributed by atoms with Gasteiger partial charge < -0.3 is 14.6 Å². The summed E-state index contributed by atoms with van der Waals surface area (Å²) in [6.07, 6.45) is 6.76. The first kappa shape index (κ1) is 16.9. The molecule has 3 aromatic rings. The van der Waals surface area contributed by atoms with E-state index in [0.29, 0.717) is 5.92 Å². The number of rotatable bonds is 2. The zero-order valence-corrected chi connectivity index (χ0v) is 16.1. The standard InChI is InChI=1S/C24H28N2O/c1-27-19-11-12-20-18(15-19)16-25-13-14-26-22-10-6-5-9-21(22)23(24(20)26)17-7-3-2-4-8-17/h5-6,9-12,15,17,25H,2-4,7-8,13-14,16H2,1H3. The topological polar surface area (TPSA) is 26.2 Å². The van der Waals surface area contributed by atoms with E-state index in [-0.39, 0.29) is 0 Å². The average Bonchev–Trinajstić information content (AvgIpc) is 3.03. The molecule has 0 spiro atoms. The summed E-state index contributed by atoms with van der Waals surface area (Å²) in [4.78, 5) is 0. The Morgan fingerprint density at radius 3 is 2.74 bits per heavy atom. The third-order valence-corrected chi connectivity index (χ3v) is 6.42. The van der Waals surface area contributed by atoms with Crippen LogP contribution in [0.1, 0.15) is 49.1 Å². The Morgan fingerprint density at radius 1 is 1.04 bits per heavy atom. The fraction of sp³-hybridized carbons (Fsp3) is 0.417. The van der Waals surface area contributed by atoms with Crippen molar-refractivity contribution in [3.63, 3.8) is 0 Å². The Kier molecular flexibility index (Phi) is 4.41. The molecule has 1 aliphatic carbocycles. The summed E-state index contributed by atoms with van der Waals surface area (Å²) < 4.78 is 8.08. The number of hydrogen-bond acceptors (Lipinski definition) is 2. The minimum atomic E-state index is 0.683. The molecule has 0 radical (unpaired) electrons.